The van der Waals surface area contributed by atoms with Crippen LogP contribution in [0, 0.1) is 0 Å². The number of rotatable bonds is 50. The van der Waals surface area contributed by atoms with Gasteiger partial charge in [-0.3, -0.25) is 14.4 Å². The maximum atomic E-state index is 12.9. The van der Waals surface area contributed by atoms with Gasteiger partial charge in [0.15, 0.2) is 6.10 Å². The highest BCUT2D eigenvalue weighted by Crippen LogP contribution is 2.13. The van der Waals surface area contributed by atoms with Crippen molar-refractivity contribution < 1.29 is 28.6 Å². The Morgan fingerprint density at radius 3 is 0.944 bits per heavy atom. The van der Waals surface area contributed by atoms with Crippen LogP contribution in [0.15, 0.2) is 134 Å². The maximum absolute atomic E-state index is 12.9. The van der Waals surface area contributed by atoms with E-state index in [0.717, 1.165) is 128 Å². The first-order valence-corrected chi connectivity index (χ1v) is 28.7. The highest BCUT2D eigenvalue weighted by atomic mass is 16.6. The van der Waals surface area contributed by atoms with Gasteiger partial charge in [-0.15, -0.1) is 0 Å². The Kier molecular flexibility index (Phi) is 54.5. The summed E-state index contributed by atoms with van der Waals surface area (Å²) in [6.45, 7) is 6.37. The van der Waals surface area contributed by atoms with Crippen LogP contribution < -0.4 is 0 Å². The second-order valence-corrected chi connectivity index (χ2v) is 18.5. The summed E-state index contributed by atoms with van der Waals surface area (Å²) in [5.74, 6) is -1.04. The number of ether oxygens (including phenoxy) is 3. The normalized spacial score (nSPS) is 13.1. The summed E-state index contributed by atoms with van der Waals surface area (Å²) < 4.78 is 16.8. The molecule has 6 nitrogen and oxygen atoms in total. The Balaban J connectivity index is 4.57. The first-order chi connectivity index (χ1) is 35.0. The summed E-state index contributed by atoms with van der Waals surface area (Å²) in [5, 5.41) is 0. The molecule has 71 heavy (non-hydrogen) atoms. The average molecular weight is 982 g/mol. The standard InChI is InChI=1S/C65H104O6/c1-4-7-10-13-16-19-22-25-28-30-32-34-37-40-43-46-49-52-55-58-64(67)70-61-62(60-69-63(66)57-54-51-48-45-42-39-36-27-24-21-18-15-12-9-6-3)71-65(68)59-56-53-50-47-44-41-38-35-33-31-29-26-23-20-17-14-11-8-5-2/h7,10,16-21,25-29,32-36,40,43,49,52,62H,4-6,8-9,11-15,22-24,30-31,37-39,41-42,44-48,50-51,53-61H2,1-3H3/b10-7-,19-16-,20-17-,21-18-,28-25-,29-26-,34-32-,35-33-,36-27-,43-40-,52-49-/t62-/m1/s1. The molecule has 0 aromatic rings. The zero-order valence-electron chi connectivity index (χ0n) is 45.7. The van der Waals surface area contributed by atoms with Gasteiger partial charge in [-0.25, -0.2) is 0 Å². The van der Waals surface area contributed by atoms with Crippen molar-refractivity contribution in [1.82, 2.24) is 0 Å². The molecule has 0 aromatic heterocycles. The molecule has 0 saturated carbocycles. The molecule has 0 fully saturated rings. The SMILES string of the molecule is CC/C=C\C/C=C\C/C=C\C/C=C\C/C=C\C/C=C\CCC(=O)OC[C@@H](COC(=O)CCCCCCC/C=C\C/C=C\CCCCC)OC(=O)CCCCCCCC/C=C\C/C=C\C/C=C\CCCCC. The Morgan fingerprint density at radius 2 is 0.577 bits per heavy atom. The third-order valence-electron chi connectivity index (χ3n) is 11.6. The van der Waals surface area contributed by atoms with E-state index in [9.17, 15) is 14.4 Å². The van der Waals surface area contributed by atoms with Crippen LogP contribution in [0.2, 0.25) is 0 Å². The lowest BCUT2D eigenvalue weighted by molar-refractivity contribution is -0.166. The Bertz CT molecular complexity index is 1550. The van der Waals surface area contributed by atoms with E-state index in [-0.39, 0.29) is 44.0 Å². The summed E-state index contributed by atoms with van der Waals surface area (Å²) in [4.78, 5) is 38.1. The summed E-state index contributed by atoms with van der Waals surface area (Å²) >= 11 is 0. The largest absolute Gasteiger partial charge is 0.462 e. The van der Waals surface area contributed by atoms with Crippen molar-refractivity contribution in [2.75, 3.05) is 13.2 Å². The van der Waals surface area contributed by atoms with Crippen LogP contribution in [-0.2, 0) is 28.6 Å². The number of hydrogen-bond acceptors (Lipinski definition) is 6. The topological polar surface area (TPSA) is 78.9 Å². The van der Waals surface area contributed by atoms with Crippen LogP contribution in [0.25, 0.3) is 0 Å². The van der Waals surface area contributed by atoms with Crippen LogP contribution in [0.5, 0.6) is 0 Å². The quantitative estimate of drug-likeness (QED) is 0.0262. The van der Waals surface area contributed by atoms with Crippen LogP contribution >= 0.6 is 0 Å². The van der Waals surface area contributed by atoms with E-state index < -0.39 is 6.10 Å². The minimum Gasteiger partial charge on any atom is -0.462 e. The second kappa shape index (κ2) is 58.1. The van der Waals surface area contributed by atoms with E-state index in [0.29, 0.717) is 12.8 Å². The van der Waals surface area contributed by atoms with Crippen molar-refractivity contribution in [2.45, 2.75) is 245 Å². The third kappa shape index (κ3) is 56.3. The number of allylic oxidation sites excluding steroid dienone is 22. The molecule has 0 aliphatic carbocycles. The van der Waals surface area contributed by atoms with Gasteiger partial charge in [0, 0.05) is 19.3 Å². The molecule has 6 heteroatoms. The molecule has 0 rings (SSSR count). The highest BCUT2D eigenvalue weighted by Gasteiger charge is 2.19. The van der Waals surface area contributed by atoms with Gasteiger partial charge in [0.1, 0.15) is 13.2 Å². The number of esters is 3. The van der Waals surface area contributed by atoms with Gasteiger partial charge in [0.25, 0.3) is 0 Å². The Morgan fingerprint density at radius 1 is 0.296 bits per heavy atom. The number of carbonyl (C=O) groups excluding carboxylic acids is 3. The Labute approximate surface area is 436 Å². The predicted octanol–water partition coefficient (Wildman–Crippen LogP) is 19.4. The minimum absolute atomic E-state index is 0.119. The molecule has 0 N–H and O–H groups in total. The molecule has 0 spiro atoms. The first kappa shape index (κ1) is 66.6. The molecule has 0 aliphatic rings. The van der Waals surface area contributed by atoms with Gasteiger partial charge in [-0.1, -0.05) is 225 Å². The molecule has 0 saturated heterocycles. The van der Waals surface area contributed by atoms with Gasteiger partial charge >= 0.3 is 17.9 Å². The van der Waals surface area contributed by atoms with Crippen molar-refractivity contribution in [3.8, 4) is 0 Å². The van der Waals surface area contributed by atoms with Gasteiger partial charge in [-0.2, -0.15) is 0 Å². The molecule has 0 radical (unpaired) electrons. The maximum Gasteiger partial charge on any atom is 0.306 e. The second-order valence-electron chi connectivity index (χ2n) is 18.5. The van der Waals surface area contributed by atoms with Crippen LogP contribution in [0.4, 0.5) is 0 Å². The molecule has 0 heterocycles. The van der Waals surface area contributed by atoms with Crippen LogP contribution in [0.3, 0.4) is 0 Å². The van der Waals surface area contributed by atoms with E-state index in [1.54, 1.807) is 0 Å². The van der Waals surface area contributed by atoms with Crippen LogP contribution in [-0.4, -0.2) is 37.2 Å². The van der Waals surface area contributed by atoms with Gasteiger partial charge in [0.05, 0.1) is 0 Å². The molecular formula is C65H104O6. The monoisotopic (exact) mass is 981 g/mol. The predicted molar refractivity (Wildman–Crippen MR) is 306 cm³/mol. The fourth-order valence-electron chi connectivity index (χ4n) is 7.33. The molecule has 0 unspecified atom stereocenters. The molecule has 0 aromatic carbocycles. The summed E-state index contributed by atoms with van der Waals surface area (Å²) in [6, 6.07) is 0. The lowest BCUT2D eigenvalue weighted by Gasteiger charge is -2.18. The zero-order valence-corrected chi connectivity index (χ0v) is 45.7. The van der Waals surface area contributed by atoms with E-state index in [1.807, 2.05) is 12.2 Å². The average Bonchev–Trinajstić information content (AvgIpc) is 3.37. The Hall–Kier alpha value is -4.45. The van der Waals surface area contributed by atoms with Crippen molar-refractivity contribution in [3.05, 3.63) is 134 Å². The summed E-state index contributed by atoms with van der Waals surface area (Å²) in [6.07, 6.45) is 81.6. The van der Waals surface area contributed by atoms with Crippen molar-refractivity contribution in [2.24, 2.45) is 0 Å². The van der Waals surface area contributed by atoms with Crippen LogP contribution in [0.1, 0.15) is 239 Å². The van der Waals surface area contributed by atoms with Gasteiger partial charge in [-0.05, 0) is 128 Å². The van der Waals surface area contributed by atoms with E-state index >= 15 is 0 Å². The minimum atomic E-state index is -0.827. The van der Waals surface area contributed by atoms with Crippen molar-refractivity contribution >= 4 is 17.9 Å². The first-order valence-electron chi connectivity index (χ1n) is 28.7. The fraction of sp³-hybridized carbons (Fsp3) is 0.615. The third-order valence-corrected chi connectivity index (χ3v) is 11.6. The number of unbranched alkanes of at least 4 members (excludes halogenated alkanes) is 17. The summed E-state index contributed by atoms with van der Waals surface area (Å²) in [5.41, 5.74) is 0. The van der Waals surface area contributed by atoms with E-state index in [4.69, 9.17) is 14.2 Å². The van der Waals surface area contributed by atoms with Gasteiger partial charge in [0.2, 0.25) is 0 Å². The van der Waals surface area contributed by atoms with Gasteiger partial charge < -0.3 is 14.2 Å². The van der Waals surface area contributed by atoms with E-state index in [1.165, 1.54) is 64.2 Å². The molecular weight excluding hydrogens is 877 g/mol. The molecule has 0 amide bonds. The molecule has 0 aliphatic heterocycles. The lowest BCUT2D eigenvalue weighted by atomic mass is 10.1. The molecule has 400 valence electrons. The number of carbonyl (C=O) groups is 3. The molecule has 1 atom stereocenters. The highest BCUT2D eigenvalue weighted by molar-refractivity contribution is 5.71. The van der Waals surface area contributed by atoms with E-state index in [2.05, 4.69) is 142 Å². The zero-order chi connectivity index (χ0) is 51.4. The smallest absolute Gasteiger partial charge is 0.306 e. The fourth-order valence-corrected chi connectivity index (χ4v) is 7.33. The summed E-state index contributed by atoms with van der Waals surface area (Å²) in [7, 11) is 0. The van der Waals surface area contributed by atoms with Crippen molar-refractivity contribution in [3.63, 3.8) is 0 Å². The molecule has 0 bridgehead atoms. The lowest BCUT2D eigenvalue weighted by Crippen LogP contribution is -2.30. The number of hydrogen-bond donors (Lipinski definition) is 0. The van der Waals surface area contributed by atoms with Crippen molar-refractivity contribution in [1.29, 1.82) is 0 Å².